The Hall–Kier alpha value is -2.18. The van der Waals surface area contributed by atoms with E-state index in [1.807, 2.05) is 54.6 Å². The first-order valence-electron chi connectivity index (χ1n) is 10.2. The number of nitrogens with one attached hydrogen (secondary N) is 1. The van der Waals surface area contributed by atoms with Crippen LogP contribution >= 0.6 is 11.6 Å². The van der Waals surface area contributed by atoms with Crippen molar-refractivity contribution in [3.05, 3.63) is 70.7 Å². The third-order valence-corrected chi connectivity index (χ3v) is 7.06. The SMILES string of the molecule is O=C(CN1C(=O)CC1S(=O)Cc1ccccc1)NCCCCCc1ccc(Cl)cc1. The third-order valence-electron chi connectivity index (χ3n) is 5.16. The number of carbonyl (C=O) groups is 2. The fourth-order valence-corrected chi connectivity index (χ4v) is 5.05. The second-order valence-corrected chi connectivity index (χ2v) is 9.51. The van der Waals surface area contributed by atoms with Crippen LogP contribution in [0.15, 0.2) is 54.6 Å². The van der Waals surface area contributed by atoms with Gasteiger partial charge in [-0.1, -0.05) is 60.5 Å². The van der Waals surface area contributed by atoms with Gasteiger partial charge in [-0.25, -0.2) is 0 Å². The average Bonchev–Trinajstić information content (AvgIpc) is 2.74. The summed E-state index contributed by atoms with van der Waals surface area (Å²) >= 11 is 5.88. The van der Waals surface area contributed by atoms with Crippen LogP contribution in [0.3, 0.4) is 0 Å². The molecule has 0 radical (unpaired) electrons. The third kappa shape index (κ3) is 6.67. The van der Waals surface area contributed by atoms with Crippen molar-refractivity contribution in [3.63, 3.8) is 0 Å². The zero-order valence-corrected chi connectivity index (χ0v) is 18.5. The van der Waals surface area contributed by atoms with Crippen molar-refractivity contribution < 1.29 is 13.8 Å². The van der Waals surface area contributed by atoms with Crippen molar-refractivity contribution in [1.29, 1.82) is 0 Å². The lowest BCUT2D eigenvalue weighted by Gasteiger charge is -2.39. The quantitative estimate of drug-likeness (QED) is 0.423. The first-order valence-corrected chi connectivity index (χ1v) is 12.0. The van der Waals surface area contributed by atoms with E-state index in [4.69, 9.17) is 11.6 Å². The molecule has 2 aromatic rings. The van der Waals surface area contributed by atoms with Gasteiger partial charge in [-0.15, -0.1) is 0 Å². The minimum atomic E-state index is -1.21. The summed E-state index contributed by atoms with van der Waals surface area (Å²) in [4.78, 5) is 25.5. The summed E-state index contributed by atoms with van der Waals surface area (Å²) in [6.45, 7) is 0.564. The average molecular weight is 447 g/mol. The number of benzene rings is 2. The molecule has 0 aliphatic carbocycles. The van der Waals surface area contributed by atoms with Crippen molar-refractivity contribution >= 4 is 34.2 Å². The molecule has 1 heterocycles. The molecule has 0 bridgehead atoms. The Kier molecular flexibility index (Phi) is 8.46. The number of nitrogens with zero attached hydrogens (tertiary/aromatic N) is 1. The predicted molar refractivity (Wildman–Crippen MR) is 120 cm³/mol. The van der Waals surface area contributed by atoms with Crippen LogP contribution in [0, 0.1) is 0 Å². The highest BCUT2D eigenvalue weighted by molar-refractivity contribution is 7.85. The Morgan fingerprint density at radius 2 is 1.77 bits per heavy atom. The van der Waals surface area contributed by atoms with Crippen LogP contribution in [0.4, 0.5) is 0 Å². The number of carbonyl (C=O) groups excluding carboxylic acids is 2. The number of aryl methyl sites for hydroxylation is 1. The van der Waals surface area contributed by atoms with Crippen LogP contribution in [0.1, 0.15) is 36.8 Å². The van der Waals surface area contributed by atoms with Gasteiger partial charge in [0.1, 0.15) is 11.9 Å². The van der Waals surface area contributed by atoms with E-state index >= 15 is 0 Å². The molecule has 1 fully saturated rings. The molecule has 2 atom stereocenters. The Bertz CT molecular complexity index is 874. The maximum Gasteiger partial charge on any atom is 0.239 e. The summed E-state index contributed by atoms with van der Waals surface area (Å²) in [5.41, 5.74) is 2.23. The molecule has 1 aliphatic heterocycles. The summed E-state index contributed by atoms with van der Waals surface area (Å²) in [5.74, 6) is 0.0897. The van der Waals surface area contributed by atoms with Crippen molar-refractivity contribution in [2.45, 2.75) is 43.2 Å². The molecule has 0 aromatic heterocycles. The van der Waals surface area contributed by atoms with Gasteiger partial charge in [-0.05, 0) is 42.5 Å². The predicted octanol–water partition coefficient (Wildman–Crippen LogP) is 3.68. The van der Waals surface area contributed by atoms with Crippen molar-refractivity contribution in [1.82, 2.24) is 10.2 Å². The molecule has 30 heavy (non-hydrogen) atoms. The van der Waals surface area contributed by atoms with Crippen LogP contribution in [0.5, 0.6) is 0 Å². The van der Waals surface area contributed by atoms with Gasteiger partial charge in [0.25, 0.3) is 0 Å². The number of likely N-dealkylation sites (tertiary alicyclic amines) is 1. The highest BCUT2D eigenvalue weighted by Crippen LogP contribution is 2.24. The number of amides is 2. The van der Waals surface area contributed by atoms with Crippen LogP contribution in [-0.4, -0.2) is 39.4 Å². The molecule has 1 saturated heterocycles. The van der Waals surface area contributed by atoms with Crippen molar-refractivity contribution in [2.24, 2.45) is 0 Å². The van der Waals surface area contributed by atoms with Crippen LogP contribution in [-0.2, 0) is 32.6 Å². The number of hydrogen-bond acceptors (Lipinski definition) is 3. The maximum atomic E-state index is 12.6. The fourth-order valence-electron chi connectivity index (χ4n) is 3.40. The van der Waals surface area contributed by atoms with E-state index in [-0.39, 0.29) is 30.2 Å². The minimum absolute atomic E-state index is 0.0190. The number of rotatable bonds is 11. The monoisotopic (exact) mass is 446 g/mol. The lowest BCUT2D eigenvalue weighted by molar-refractivity contribution is -0.145. The largest absolute Gasteiger partial charge is 0.355 e. The molecule has 1 aliphatic rings. The Morgan fingerprint density at radius 1 is 1.03 bits per heavy atom. The molecule has 5 nitrogen and oxygen atoms in total. The van der Waals surface area contributed by atoms with E-state index in [2.05, 4.69) is 5.32 Å². The number of hydrogen-bond donors (Lipinski definition) is 1. The summed E-state index contributed by atoms with van der Waals surface area (Å²) in [5, 5.41) is 3.24. The topological polar surface area (TPSA) is 66.5 Å². The maximum absolute atomic E-state index is 12.6. The summed E-state index contributed by atoms with van der Waals surface area (Å²) in [6, 6.07) is 17.4. The highest BCUT2D eigenvalue weighted by atomic mass is 35.5. The van der Waals surface area contributed by atoms with Gasteiger partial charge in [0.2, 0.25) is 11.8 Å². The first kappa shape index (κ1) is 22.5. The van der Waals surface area contributed by atoms with Gasteiger partial charge in [0.15, 0.2) is 0 Å². The lowest BCUT2D eigenvalue weighted by atomic mass is 10.1. The standard InChI is InChI=1S/C23H27ClN2O3S/c24-20-12-10-18(11-13-20)7-5-2-6-14-25-21(27)16-26-22(28)15-23(26)30(29)17-19-8-3-1-4-9-19/h1,3-4,8-13,23H,2,5-7,14-17H2,(H,25,27). The molecule has 7 heteroatoms. The molecule has 2 aromatic carbocycles. The summed E-state index contributed by atoms with van der Waals surface area (Å²) in [7, 11) is -1.21. The molecule has 1 N–H and O–H groups in total. The highest BCUT2D eigenvalue weighted by Gasteiger charge is 2.40. The van der Waals surface area contributed by atoms with Gasteiger partial charge in [0, 0.05) is 22.4 Å². The van der Waals surface area contributed by atoms with E-state index in [1.54, 1.807) is 0 Å². The normalized spacial score (nSPS) is 16.8. The molecule has 3 rings (SSSR count). The minimum Gasteiger partial charge on any atom is -0.355 e. The van der Waals surface area contributed by atoms with Gasteiger partial charge in [-0.3, -0.25) is 13.8 Å². The van der Waals surface area contributed by atoms with Gasteiger partial charge in [-0.2, -0.15) is 0 Å². The van der Waals surface area contributed by atoms with Crippen LogP contribution < -0.4 is 5.32 Å². The van der Waals surface area contributed by atoms with E-state index < -0.39 is 10.8 Å². The number of β-lactam (4-membered cyclic amide) rings is 1. The van der Waals surface area contributed by atoms with Gasteiger partial charge in [0.05, 0.1) is 12.2 Å². The molecule has 2 amide bonds. The molecule has 2 unspecified atom stereocenters. The first-order chi connectivity index (χ1) is 14.5. The number of unbranched alkanes of at least 4 members (excludes halogenated alkanes) is 2. The van der Waals surface area contributed by atoms with Crippen LogP contribution in [0.25, 0.3) is 0 Å². The molecular formula is C23H27ClN2O3S. The van der Waals surface area contributed by atoms with E-state index in [9.17, 15) is 13.8 Å². The summed E-state index contributed by atoms with van der Waals surface area (Å²) in [6.07, 6.45) is 4.17. The zero-order chi connectivity index (χ0) is 21.3. The van der Waals surface area contributed by atoms with Gasteiger partial charge < -0.3 is 10.2 Å². The molecular weight excluding hydrogens is 420 g/mol. The lowest BCUT2D eigenvalue weighted by Crippen LogP contribution is -2.57. The van der Waals surface area contributed by atoms with Crippen molar-refractivity contribution in [3.8, 4) is 0 Å². The Labute approximate surface area is 185 Å². The molecule has 0 spiro atoms. The molecule has 160 valence electrons. The van der Waals surface area contributed by atoms with Gasteiger partial charge >= 0.3 is 0 Å². The molecule has 0 saturated carbocycles. The van der Waals surface area contributed by atoms with E-state index in [1.165, 1.54) is 10.5 Å². The second kappa shape index (κ2) is 11.3. The van der Waals surface area contributed by atoms with E-state index in [0.717, 1.165) is 36.3 Å². The fraction of sp³-hybridized carbons (Fsp3) is 0.391. The van der Waals surface area contributed by atoms with Crippen molar-refractivity contribution in [2.75, 3.05) is 13.1 Å². The van der Waals surface area contributed by atoms with Crippen LogP contribution in [0.2, 0.25) is 5.02 Å². The summed E-state index contributed by atoms with van der Waals surface area (Å²) < 4.78 is 12.6. The smallest absolute Gasteiger partial charge is 0.239 e. The Balaban J connectivity index is 1.32. The zero-order valence-electron chi connectivity index (χ0n) is 16.9. The van der Waals surface area contributed by atoms with E-state index in [0.29, 0.717) is 12.3 Å². The Morgan fingerprint density at radius 3 is 2.47 bits per heavy atom. The second-order valence-electron chi connectivity index (χ2n) is 7.48. The number of halogens is 1.